The summed E-state index contributed by atoms with van der Waals surface area (Å²) in [4.78, 5) is 10.6. The number of nitrogens with one attached hydrogen (secondary N) is 1. The van der Waals surface area contributed by atoms with Crippen LogP contribution in [0.15, 0.2) is 11.1 Å². The highest BCUT2D eigenvalue weighted by molar-refractivity contribution is 6.00. The Balaban J connectivity index is 2.99. The van der Waals surface area contributed by atoms with Gasteiger partial charge in [0.15, 0.2) is 0 Å². The van der Waals surface area contributed by atoms with Crippen LogP contribution in [0.1, 0.15) is 6.92 Å². The molecule has 0 aromatic heterocycles. The van der Waals surface area contributed by atoms with Crippen molar-refractivity contribution in [2.75, 3.05) is 6.54 Å². The SMILES string of the molecule is CC1=C(C#N)[13C](=O)NC1. The van der Waals surface area contributed by atoms with Crippen LogP contribution in [-0.2, 0) is 4.79 Å². The first kappa shape index (κ1) is 5.83. The topological polar surface area (TPSA) is 52.9 Å². The standard InChI is InChI=1S/C6H6N2O/c1-4-3-8-6(9)5(4)2-7/h3H2,1H3,(H,8,9)/i6+1. The molecule has 3 nitrogen and oxygen atoms in total. The van der Waals surface area contributed by atoms with E-state index in [0.29, 0.717) is 6.54 Å². The second-order valence-electron chi connectivity index (χ2n) is 1.95. The van der Waals surface area contributed by atoms with Gasteiger partial charge in [-0.3, -0.25) is 4.79 Å². The van der Waals surface area contributed by atoms with Crippen LogP contribution < -0.4 is 5.32 Å². The summed E-state index contributed by atoms with van der Waals surface area (Å²) < 4.78 is 0. The lowest BCUT2D eigenvalue weighted by Gasteiger charge is -1.84. The number of rotatable bonds is 0. The van der Waals surface area contributed by atoms with E-state index in [-0.39, 0.29) is 11.5 Å². The van der Waals surface area contributed by atoms with Gasteiger partial charge in [0.05, 0.1) is 0 Å². The molecule has 0 bridgehead atoms. The molecule has 1 N–H and O–H groups in total. The van der Waals surface area contributed by atoms with Crippen LogP contribution in [0.2, 0.25) is 0 Å². The van der Waals surface area contributed by atoms with Crippen molar-refractivity contribution in [3.05, 3.63) is 11.1 Å². The lowest BCUT2D eigenvalue weighted by Crippen LogP contribution is -2.16. The van der Waals surface area contributed by atoms with E-state index in [9.17, 15) is 4.79 Å². The van der Waals surface area contributed by atoms with Crippen LogP contribution in [0.3, 0.4) is 0 Å². The molecular formula is C6H6N2O. The van der Waals surface area contributed by atoms with Crippen molar-refractivity contribution in [3.63, 3.8) is 0 Å². The maximum Gasteiger partial charge on any atom is 0.262 e. The van der Waals surface area contributed by atoms with Gasteiger partial charge in [-0.2, -0.15) is 5.26 Å². The fourth-order valence-corrected chi connectivity index (χ4v) is 0.730. The van der Waals surface area contributed by atoms with E-state index in [0.717, 1.165) is 5.57 Å². The van der Waals surface area contributed by atoms with Gasteiger partial charge in [-0.1, -0.05) is 0 Å². The summed E-state index contributed by atoms with van der Waals surface area (Å²) in [5.74, 6) is -0.241. The molecule has 0 atom stereocenters. The van der Waals surface area contributed by atoms with Crippen molar-refractivity contribution in [2.24, 2.45) is 0 Å². The molecule has 46 valence electrons. The second-order valence-corrected chi connectivity index (χ2v) is 1.95. The molecule has 1 aliphatic heterocycles. The fourth-order valence-electron chi connectivity index (χ4n) is 0.730. The third-order valence-corrected chi connectivity index (χ3v) is 1.28. The summed E-state index contributed by atoms with van der Waals surface area (Å²) in [5.41, 5.74) is 1.11. The molecular weight excluding hydrogens is 117 g/mol. The fraction of sp³-hybridized carbons (Fsp3) is 0.333. The van der Waals surface area contributed by atoms with Crippen molar-refractivity contribution < 1.29 is 4.79 Å². The summed E-state index contributed by atoms with van der Waals surface area (Å²) in [6.07, 6.45) is 0. The van der Waals surface area contributed by atoms with E-state index in [1.165, 1.54) is 0 Å². The van der Waals surface area contributed by atoms with Gasteiger partial charge in [0.25, 0.3) is 5.91 Å². The van der Waals surface area contributed by atoms with Crippen LogP contribution in [0.5, 0.6) is 0 Å². The van der Waals surface area contributed by atoms with E-state index in [1.54, 1.807) is 6.92 Å². The van der Waals surface area contributed by atoms with Crippen LogP contribution in [0.4, 0.5) is 0 Å². The predicted octanol–water partition coefficient (Wildman–Crippen LogP) is -0.0437. The maximum atomic E-state index is 10.6. The smallest absolute Gasteiger partial charge is 0.262 e. The van der Waals surface area contributed by atoms with E-state index in [2.05, 4.69) is 5.32 Å². The van der Waals surface area contributed by atoms with E-state index in [4.69, 9.17) is 5.26 Å². The zero-order chi connectivity index (χ0) is 6.85. The summed E-state index contributed by atoms with van der Waals surface area (Å²) in [7, 11) is 0. The Bertz CT molecular complexity index is 222. The third kappa shape index (κ3) is 0.789. The third-order valence-electron chi connectivity index (χ3n) is 1.28. The van der Waals surface area contributed by atoms with Crippen LogP contribution >= 0.6 is 0 Å². The number of nitriles is 1. The Morgan fingerprint density at radius 1 is 1.78 bits per heavy atom. The molecule has 1 amide bonds. The lowest BCUT2D eigenvalue weighted by molar-refractivity contribution is -0.116. The van der Waals surface area contributed by atoms with Crippen molar-refractivity contribution in [1.82, 2.24) is 5.32 Å². The Labute approximate surface area is 53.0 Å². The van der Waals surface area contributed by atoms with Crippen molar-refractivity contribution in [1.29, 1.82) is 5.26 Å². The zero-order valence-corrected chi connectivity index (χ0v) is 5.06. The number of nitrogens with zero attached hydrogens (tertiary/aromatic N) is 1. The molecule has 3 heteroatoms. The molecule has 0 aromatic rings. The van der Waals surface area contributed by atoms with E-state index >= 15 is 0 Å². The number of hydrogen-bond donors (Lipinski definition) is 1. The van der Waals surface area contributed by atoms with Crippen molar-refractivity contribution >= 4 is 5.91 Å². The predicted molar refractivity (Wildman–Crippen MR) is 31.3 cm³/mol. The molecule has 9 heavy (non-hydrogen) atoms. The summed E-state index contributed by atoms with van der Waals surface area (Å²) in [6, 6.07) is 1.83. The zero-order valence-electron chi connectivity index (χ0n) is 5.06. The Kier molecular flexibility index (Phi) is 1.23. The highest BCUT2D eigenvalue weighted by Crippen LogP contribution is 2.07. The van der Waals surface area contributed by atoms with Crippen molar-refractivity contribution in [2.45, 2.75) is 6.92 Å². The molecule has 0 aliphatic carbocycles. The first-order valence-electron chi connectivity index (χ1n) is 2.63. The van der Waals surface area contributed by atoms with Gasteiger partial charge in [-0.25, -0.2) is 0 Å². The van der Waals surface area contributed by atoms with Gasteiger partial charge in [-0.15, -0.1) is 0 Å². The Morgan fingerprint density at radius 2 is 2.44 bits per heavy atom. The first-order valence-corrected chi connectivity index (χ1v) is 2.63. The molecule has 0 radical (unpaired) electrons. The molecule has 0 aromatic carbocycles. The molecule has 1 heterocycles. The molecule has 0 unspecified atom stereocenters. The highest BCUT2D eigenvalue weighted by Gasteiger charge is 2.17. The molecule has 0 saturated carbocycles. The largest absolute Gasteiger partial charge is 0.348 e. The average molecular weight is 123 g/mol. The van der Waals surface area contributed by atoms with Crippen molar-refractivity contribution in [3.8, 4) is 6.07 Å². The number of carbonyl (C=O) groups excluding carboxylic acids is 1. The first-order chi connectivity index (χ1) is 4.25. The van der Waals surface area contributed by atoms with Gasteiger partial charge >= 0.3 is 0 Å². The van der Waals surface area contributed by atoms with Crippen LogP contribution in [0.25, 0.3) is 0 Å². The summed E-state index contributed by atoms with van der Waals surface area (Å²) in [5, 5.41) is 10.9. The minimum Gasteiger partial charge on any atom is -0.348 e. The maximum absolute atomic E-state index is 10.6. The molecule has 0 fully saturated rings. The Morgan fingerprint density at radius 3 is 2.67 bits per heavy atom. The van der Waals surface area contributed by atoms with Crippen LogP contribution in [0, 0.1) is 11.3 Å². The number of hydrogen-bond acceptors (Lipinski definition) is 2. The number of carbonyl (C=O) groups is 1. The molecule has 1 rings (SSSR count). The van der Waals surface area contributed by atoms with E-state index < -0.39 is 0 Å². The average Bonchev–Trinajstić information content (AvgIpc) is 2.12. The highest BCUT2D eigenvalue weighted by atomic mass is 16.2. The van der Waals surface area contributed by atoms with Gasteiger partial charge in [0.1, 0.15) is 11.6 Å². The summed E-state index contributed by atoms with van der Waals surface area (Å²) >= 11 is 0. The summed E-state index contributed by atoms with van der Waals surface area (Å²) in [6.45, 7) is 2.30. The van der Waals surface area contributed by atoms with Gasteiger partial charge in [-0.05, 0) is 12.5 Å². The van der Waals surface area contributed by atoms with Crippen LogP contribution in [-0.4, -0.2) is 12.5 Å². The molecule has 1 aliphatic rings. The lowest BCUT2D eigenvalue weighted by atomic mass is 10.2. The van der Waals surface area contributed by atoms with E-state index in [1.807, 2.05) is 6.07 Å². The molecule has 0 saturated heterocycles. The minimum absolute atomic E-state index is 0.241. The second kappa shape index (κ2) is 1.90. The molecule has 0 spiro atoms. The van der Waals surface area contributed by atoms with Gasteiger partial charge < -0.3 is 5.32 Å². The minimum atomic E-state index is -0.241. The van der Waals surface area contributed by atoms with Gasteiger partial charge in [0, 0.05) is 6.54 Å². The normalized spacial score (nSPS) is 17.6. The quantitative estimate of drug-likeness (QED) is 0.459. The monoisotopic (exact) mass is 123 g/mol. The Hall–Kier alpha value is -1.30. The number of amides is 1. The van der Waals surface area contributed by atoms with Gasteiger partial charge in [0.2, 0.25) is 0 Å².